The van der Waals surface area contributed by atoms with E-state index in [4.69, 9.17) is 14.2 Å². The lowest BCUT2D eigenvalue weighted by atomic mass is 10.1. The van der Waals surface area contributed by atoms with Gasteiger partial charge in [-0.2, -0.15) is 0 Å². The maximum absolute atomic E-state index is 11.5. The maximum Gasteiger partial charge on any atom is 0.166 e. The molecule has 0 bridgehead atoms. The highest BCUT2D eigenvalue weighted by Crippen LogP contribution is 2.19. The van der Waals surface area contributed by atoms with Crippen LogP contribution >= 0.6 is 0 Å². The summed E-state index contributed by atoms with van der Waals surface area (Å²) in [6, 6.07) is 0. The molecule has 0 aliphatic heterocycles. The number of rotatable bonds is 7. The minimum Gasteiger partial charge on any atom is -0.376 e. The van der Waals surface area contributed by atoms with E-state index in [0.717, 1.165) is 0 Å². The molecule has 0 amide bonds. The first-order chi connectivity index (χ1) is 6.91. The van der Waals surface area contributed by atoms with Gasteiger partial charge in [0.2, 0.25) is 0 Å². The third-order valence-corrected chi connectivity index (χ3v) is 3.99. The molecule has 0 aliphatic carbocycles. The quantitative estimate of drug-likeness (QED) is 0.348. The second-order valence-corrected chi connectivity index (χ2v) is 4.95. The van der Waals surface area contributed by atoms with E-state index in [9.17, 15) is 4.79 Å². The molecule has 88 valence electrons. The Kier molecular flexibility index (Phi) is 5.97. The normalized spacial score (nSPS) is 13.9. The molecule has 0 aromatic carbocycles. The van der Waals surface area contributed by atoms with Gasteiger partial charge in [0.15, 0.2) is 11.2 Å². The van der Waals surface area contributed by atoms with E-state index in [1.807, 2.05) is 0 Å². The zero-order valence-corrected chi connectivity index (χ0v) is 12.1. The number of ether oxygens (including phenoxy) is 3. The van der Waals surface area contributed by atoms with E-state index in [0.29, 0.717) is 15.8 Å². The number of allylic oxidation sites excluding steroid dienone is 1. The van der Waals surface area contributed by atoms with E-state index < -0.39 is 5.41 Å². The first-order valence-corrected chi connectivity index (χ1v) is 5.73. The van der Waals surface area contributed by atoms with Crippen molar-refractivity contribution in [2.75, 3.05) is 21.3 Å². The lowest BCUT2D eigenvalue weighted by Crippen LogP contribution is -2.48. The number of Topliss-reactive ketones (excluding diaryl/α,β-unsaturated/α-hetero) is 1. The van der Waals surface area contributed by atoms with Crippen LogP contribution in [-0.4, -0.2) is 48.9 Å². The van der Waals surface area contributed by atoms with Gasteiger partial charge < -0.3 is 14.2 Å². The number of hydrogen-bond acceptors (Lipinski definition) is 4. The minimum atomic E-state index is -0.778. The highest BCUT2D eigenvalue weighted by atomic mass is 28.1. The number of ketones is 1. The summed E-state index contributed by atoms with van der Waals surface area (Å²) < 4.78 is 15.7. The highest BCUT2D eigenvalue weighted by Gasteiger charge is 2.35. The van der Waals surface area contributed by atoms with Crippen LogP contribution in [0.25, 0.3) is 0 Å². The van der Waals surface area contributed by atoms with Crippen molar-refractivity contribution in [3.05, 3.63) is 12.2 Å². The van der Waals surface area contributed by atoms with E-state index in [1.54, 1.807) is 28.3 Å². The summed E-state index contributed by atoms with van der Waals surface area (Å²) in [4.78, 5) is 11.5. The fourth-order valence-corrected chi connectivity index (χ4v) is 1.61. The zero-order valence-electron chi connectivity index (χ0n) is 10.1. The Balaban J connectivity index is 4.61. The summed E-state index contributed by atoms with van der Waals surface area (Å²) in [6.07, 6.45) is -0.153. The molecule has 15 heavy (non-hydrogen) atoms. The molecule has 0 radical (unpaired) electrons. The molecule has 5 heteroatoms. The van der Waals surface area contributed by atoms with Crippen LogP contribution < -0.4 is 0 Å². The third-order valence-electron chi connectivity index (χ3n) is 2.53. The number of carbonyl (C=O) groups excluding carboxylic acids is 1. The van der Waals surface area contributed by atoms with Crippen molar-refractivity contribution in [2.24, 2.45) is 0 Å². The van der Waals surface area contributed by atoms with Crippen LogP contribution in [0.5, 0.6) is 0 Å². The molecule has 0 spiro atoms. The lowest BCUT2D eigenvalue weighted by Gasteiger charge is -2.34. The predicted octanol–water partition coefficient (Wildman–Crippen LogP) is -0.151. The van der Waals surface area contributed by atoms with Crippen LogP contribution in [0.15, 0.2) is 12.2 Å². The largest absolute Gasteiger partial charge is 0.376 e. The number of methoxy groups -OCH3 is 3. The third kappa shape index (κ3) is 3.87. The molecule has 0 aromatic heterocycles. The zero-order chi connectivity index (χ0) is 12.1. The van der Waals surface area contributed by atoms with Gasteiger partial charge in [0.25, 0.3) is 0 Å². The summed E-state index contributed by atoms with van der Waals surface area (Å²) >= 11 is 0. The monoisotopic (exact) mass is 232 g/mol. The fraction of sp³-hybridized carbons (Fsp3) is 0.700. The molecule has 0 saturated carbocycles. The van der Waals surface area contributed by atoms with Crippen LogP contribution in [0.1, 0.15) is 13.3 Å². The molecule has 0 rings (SSSR count). The predicted molar refractivity (Wildman–Crippen MR) is 61.9 cm³/mol. The maximum atomic E-state index is 11.5. The first-order valence-electron chi connectivity index (χ1n) is 4.73. The molecule has 1 atom stereocenters. The standard InChI is InChI=1S/C10H20O4Si/c1-7(2)8(11)6-9(12-3)10(15,13-4)14-5/h9H,1,6H2,2-5,15H3. The summed E-state index contributed by atoms with van der Waals surface area (Å²) in [5, 5.41) is 0. The summed E-state index contributed by atoms with van der Waals surface area (Å²) in [5.41, 5.74) is -0.256. The van der Waals surface area contributed by atoms with Crippen molar-refractivity contribution in [3.8, 4) is 0 Å². The van der Waals surface area contributed by atoms with Crippen LogP contribution in [0.2, 0.25) is 0 Å². The molecule has 0 aromatic rings. The Labute approximate surface area is 94.0 Å². The summed E-state index contributed by atoms with van der Waals surface area (Å²) in [7, 11) is 5.25. The molecule has 4 nitrogen and oxygen atoms in total. The van der Waals surface area contributed by atoms with E-state index in [2.05, 4.69) is 6.58 Å². The van der Waals surface area contributed by atoms with Gasteiger partial charge in [0.1, 0.15) is 6.10 Å². The van der Waals surface area contributed by atoms with E-state index in [1.165, 1.54) is 0 Å². The Bertz CT molecular complexity index is 236. The Morgan fingerprint density at radius 3 is 2.13 bits per heavy atom. The van der Waals surface area contributed by atoms with Gasteiger partial charge in [-0.25, -0.2) is 0 Å². The van der Waals surface area contributed by atoms with Gasteiger partial charge in [0, 0.05) is 27.8 Å². The van der Waals surface area contributed by atoms with Crippen molar-refractivity contribution < 1.29 is 19.0 Å². The topological polar surface area (TPSA) is 44.8 Å². The summed E-state index contributed by atoms with van der Waals surface area (Å²) in [6.45, 7) is 5.28. The highest BCUT2D eigenvalue weighted by molar-refractivity contribution is 6.14. The fourth-order valence-electron chi connectivity index (χ4n) is 1.17. The van der Waals surface area contributed by atoms with Crippen molar-refractivity contribution in [1.82, 2.24) is 0 Å². The number of hydrogen-bond donors (Lipinski definition) is 0. The van der Waals surface area contributed by atoms with Crippen molar-refractivity contribution in [3.63, 3.8) is 0 Å². The van der Waals surface area contributed by atoms with Gasteiger partial charge in [-0.05, 0) is 12.5 Å². The molecular formula is C10H20O4Si. The van der Waals surface area contributed by atoms with Crippen molar-refractivity contribution in [1.29, 1.82) is 0 Å². The van der Waals surface area contributed by atoms with Gasteiger partial charge >= 0.3 is 0 Å². The SMILES string of the molecule is C=C(C)C(=O)CC(OC)C([SiH3])(OC)OC. The molecule has 0 N–H and O–H groups in total. The molecule has 0 heterocycles. The molecule has 0 saturated heterocycles. The van der Waals surface area contributed by atoms with Crippen LogP contribution in [0.3, 0.4) is 0 Å². The smallest absolute Gasteiger partial charge is 0.166 e. The number of carbonyl (C=O) groups is 1. The van der Waals surface area contributed by atoms with Gasteiger partial charge in [-0.1, -0.05) is 6.58 Å². The van der Waals surface area contributed by atoms with Crippen LogP contribution in [-0.2, 0) is 19.0 Å². The second-order valence-electron chi connectivity index (χ2n) is 3.56. The van der Waals surface area contributed by atoms with Crippen molar-refractivity contribution in [2.45, 2.75) is 24.9 Å². The van der Waals surface area contributed by atoms with E-state index >= 15 is 0 Å². The Morgan fingerprint density at radius 2 is 1.87 bits per heavy atom. The minimum absolute atomic E-state index is 0.0313. The molecule has 0 fully saturated rings. The lowest BCUT2D eigenvalue weighted by molar-refractivity contribution is -0.209. The van der Waals surface area contributed by atoms with Crippen LogP contribution in [0.4, 0.5) is 0 Å². The molecule has 0 aliphatic rings. The van der Waals surface area contributed by atoms with Crippen molar-refractivity contribution >= 4 is 16.0 Å². The Morgan fingerprint density at radius 1 is 1.40 bits per heavy atom. The first kappa shape index (κ1) is 14.5. The van der Waals surface area contributed by atoms with E-state index in [-0.39, 0.29) is 18.3 Å². The average Bonchev–Trinajstić information content (AvgIpc) is 2.24. The summed E-state index contributed by atoms with van der Waals surface area (Å²) in [5.74, 6) is -0.0313. The molecule has 1 unspecified atom stereocenters. The average molecular weight is 232 g/mol. The molecular weight excluding hydrogens is 212 g/mol. The van der Waals surface area contributed by atoms with Gasteiger partial charge in [-0.15, -0.1) is 0 Å². The van der Waals surface area contributed by atoms with Gasteiger partial charge in [-0.3, -0.25) is 4.79 Å². The Hall–Kier alpha value is -0.493. The van der Waals surface area contributed by atoms with Crippen LogP contribution in [0, 0.1) is 0 Å². The second kappa shape index (κ2) is 6.17. The van der Waals surface area contributed by atoms with Gasteiger partial charge in [0.05, 0.1) is 10.2 Å².